The molecule has 4 aliphatic carbocycles. The van der Waals surface area contributed by atoms with E-state index in [1.807, 2.05) is 0 Å². The number of hydrogen-bond donors (Lipinski definition) is 0. The summed E-state index contributed by atoms with van der Waals surface area (Å²) < 4.78 is 0. The maximum Gasteiger partial charge on any atom is 0.00107 e. The van der Waals surface area contributed by atoms with E-state index in [9.17, 15) is 0 Å². The SMILES string of the molecule is CC1=CC(C(C)(C)C)=CC1CCC1C=C(C(C)(C)C)C=C1C.CC1=CC(C)=C(C)C1CCC1C(C)=CC(C)=C1C. The normalized spacial score (nSPS) is 26.9. The van der Waals surface area contributed by atoms with Crippen molar-refractivity contribution in [3.05, 3.63) is 92.2 Å². The van der Waals surface area contributed by atoms with Gasteiger partial charge in [0.2, 0.25) is 0 Å². The fourth-order valence-electron chi connectivity index (χ4n) is 6.98. The summed E-state index contributed by atoms with van der Waals surface area (Å²) in [6.45, 7) is 32.1. The van der Waals surface area contributed by atoms with Crippen molar-refractivity contribution in [1.29, 1.82) is 0 Å². The summed E-state index contributed by atoms with van der Waals surface area (Å²) in [5.41, 5.74) is 15.9. The summed E-state index contributed by atoms with van der Waals surface area (Å²) in [7, 11) is 0. The molecule has 4 unspecified atom stereocenters. The largest absolute Gasteiger partial charge is 0.0736 e. The van der Waals surface area contributed by atoms with Gasteiger partial charge in [0.25, 0.3) is 0 Å². The lowest BCUT2D eigenvalue weighted by molar-refractivity contribution is 0.509. The van der Waals surface area contributed by atoms with Crippen molar-refractivity contribution in [1.82, 2.24) is 0 Å². The van der Waals surface area contributed by atoms with E-state index < -0.39 is 0 Å². The van der Waals surface area contributed by atoms with Crippen LogP contribution in [0.3, 0.4) is 0 Å². The van der Waals surface area contributed by atoms with Crippen molar-refractivity contribution < 1.29 is 0 Å². The molecule has 0 amide bonds. The molecule has 0 aromatic carbocycles. The van der Waals surface area contributed by atoms with Crippen molar-refractivity contribution in [3.8, 4) is 0 Å². The molecule has 0 radical (unpaired) electrons. The van der Waals surface area contributed by atoms with E-state index in [1.54, 1.807) is 33.4 Å². The van der Waals surface area contributed by atoms with E-state index in [0.717, 1.165) is 0 Å². The molecule has 0 spiro atoms. The molecule has 0 aromatic heterocycles. The standard InChI is InChI=1S/C22H34.C18H26/c1-15-11-19(21(3,4)5)13-17(15)9-10-18-14-20(12-16(18)2)22(6,7)8;1-11-9-13(3)17(15(11)5)7-8-18-14(4)10-12(2)16(18)6/h11-14,17-18H,9-10H2,1-8H3;9-10,17-18H,7-8H2,1-6H3. The second-order valence-electron chi connectivity index (χ2n) is 15.5. The van der Waals surface area contributed by atoms with Crippen LogP contribution in [0.5, 0.6) is 0 Å². The Kier molecular flexibility index (Phi) is 10.1. The van der Waals surface area contributed by atoms with Gasteiger partial charge in [0, 0.05) is 11.8 Å². The topological polar surface area (TPSA) is 0 Å². The molecule has 0 aromatic rings. The summed E-state index contributed by atoms with van der Waals surface area (Å²) in [4.78, 5) is 0. The second kappa shape index (κ2) is 12.4. The van der Waals surface area contributed by atoms with Crippen LogP contribution < -0.4 is 0 Å². The maximum atomic E-state index is 2.51. The third-order valence-corrected chi connectivity index (χ3v) is 10.2. The van der Waals surface area contributed by atoms with Gasteiger partial charge in [-0.15, -0.1) is 0 Å². The first-order valence-electron chi connectivity index (χ1n) is 15.9. The van der Waals surface area contributed by atoms with Crippen LogP contribution in [0.1, 0.15) is 123 Å². The van der Waals surface area contributed by atoms with Gasteiger partial charge in [-0.25, -0.2) is 0 Å². The average molecular weight is 541 g/mol. The molecule has 4 aliphatic rings. The molecule has 0 N–H and O–H groups in total. The number of rotatable bonds is 6. The molecular formula is C40H60. The lowest BCUT2D eigenvalue weighted by Crippen LogP contribution is -2.07. The highest BCUT2D eigenvalue weighted by atomic mass is 14.3. The highest BCUT2D eigenvalue weighted by Gasteiger charge is 2.27. The van der Waals surface area contributed by atoms with Gasteiger partial charge in [0.15, 0.2) is 0 Å². The summed E-state index contributed by atoms with van der Waals surface area (Å²) >= 11 is 0. The molecule has 40 heavy (non-hydrogen) atoms. The van der Waals surface area contributed by atoms with Crippen molar-refractivity contribution in [2.45, 2.75) is 123 Å². The Morgan fingerprint density at radius 1 is 0.450 bits per heavy atom. The third-order valence-electron chi connectivity index (χ3n) is 10.2. The second-order valence-corrected chi connectivity index (χ2v) is 15.5. The fourth-order valence-corrected chi connectivity index (χ4v) is 6.98. The Hall–Kier alpha value is -2.08. The fraction of sp³-hybridized carbons (Fsp3) is 0.600. The van der Waals surface area contributed by atoms with Crippen molar-refractivity contribution in [2.75, 3.05) is 0 Å². The Morgan fingerprint density at radius 2 is 0.775 bits per heavy atom. The first kappa shape index (κ1) is 32.4. The smallest absolute Gasteiger partial charge is 0.00107 e. The van der Waals surface area contributed by atoms with Crippen molar-refractivity contribution >= 4 is 0 Å². The van der Waals surface area contributed by atoms with Crippen LogP contribution in [0.4, 0.5) is 0 Å². The van der Waals surface area contributed by atoms with E-state index in [0.29, 0.717) is 23.7 Å². The van der Waals surface area contributed by atoms with Gasteiger partial charge in [-0.3, -0.25) is 0 Å². The van der Waals surface area contributed by atoms with Gasteiger partial charge in [0.1, 0.15) is 0 Å². The van der Waals surface area contributed by atoms with Crippen LogP contribution in [-0.4, -0.2) is 0 Å². The molecule has 4 atom stereocenters. The monoisotopic (exact) mass is 540 g/mol. The number of hydrogen-bond acceptors (Lipinski definition) is 0. The lowest BCUT2D eigenvalue weighted by atomic mass is 9.85. The summed E-state index contributed by atoms with van der Waals surface area (Å²) in [6.07, 6.45) is 19.7. The van der Waals surface area contributed by atoms with E-state index in [1.165, 1.54) is 48.0 Å². The van der Waals surface area contributed by atoms with Crippen LogP contribution in [0.15, 0.2) is 92.2 Å². The number of allylic oxidation sites excluding steroid dienone is 16. The highest BCUT2D eigenvalue weighted by Crippen LogP contribution is 2.42. The van der Waals surface area contributed by atoms with Crippen LogP contribution in [0.25, 0.3) is 0 Å². The molecule has 0 bridgehead atoms. The maximum absolute atomic E-state index is 2.51. The lowest BCUT2D eigenvalue weighted by Gasteiger charge is -2.20. The zero-order chi connectivity index (χ0) is 30.2. The third kappa shape index (κ3) is 7.60. The molecule has 0 heterocycles. The summed E-state index contributed by atoms with van der Waals surface area (Å²) in [5.74, 6) is 2.70. The van der Waals surface area contributed by atoms with E-state index in [2.05, 4.69) is 133 Å². The van der Waals surface area contributed by atoms with Crippen LogP contribution in [0, 0.1) is 34.5 Å². The molecule has 0 saturated carbocycles. The van der Waals surface area contributed by atoms with Gasteiger partial charge in [0.05, 0.1) is 0 Å². The van der Waals surface area contributed by atoms with Gasteiger partial charge in [-0.2, -0.15) is 0 Å². The van der Waals surface area contributed by atoms with Gasteiger partial charge in [-0.05, 0) is 115 Å². The Bertz CT molecular complexity index is 1130. The Morgan fingerprint density at radius 3 is 1.00 bits per heavy atom. The van der Waals surface area contributed by atoms with E-state index >= 15 is 0 Å². The van der Waals surface area contributed by atoms with E-state index in [-0.39, 0.29) is 10.8 Å². The molecular weight excluding hydrogens is 480 g/mol. The van der Waals surface area contributed by atoms with Gasteiger partial charge in [-0.1, -0.05) is 123 Å². The minimum absolute atomic E-state index is 0.276. The quantitative estimate of drug-likeness (QED) is 0.314. The molecule has 0 heteroatoms. The van der Waals surface area contributed by atoms with Gasteiger partial charge >= 0.3 is 0 Å². The predicted octanol–water partition coefficient (Wildman–Crippen LogP) is 12.5. The summed E-state index contributed by atoms with van der Waals surface area (Å²) in [5, 5.41) is 0. The van der Waals surface area contributed by atoms with Crippen LogP contribution >= 0.6 is 0 Å². The molecule has 0 nitrogen and oxygen atoms in total. The van der Waals surface area contributed by atoms with Crippen LogP contribution in [0.2, 0.25) is 0 Å². The summed E-state index contributed by atoms with van der Waals surface area (Å²) in [6, 6.07) is 0. The molecule has 0 saturated heterocycles. The first-order chi connectivity index (χ1) is 18.4. The zero-order valence-corrected chi connectivity index (χ0v) is 28.6. The first-order valence-corrected chi connectivity index (χ1v) is 15.9. The predicted molar refractivity (Wildman–Crippen MR) is 179 cm³/mol. The van der Waals surface area contributed by atoms with Crippen molar-refractivity contribution in [3.63, 3.8) is 0 Å². The Labute approximate surface area is 248 Å². The Balaban J connectivity index is 0.000000225. The zero-order valence-electron chi connectivity index (χ0n) is 28.6. The molecule has 4 rings (SSSR count). The average Bonchev–Trinajstić information content (AvgIpc) is 3.53. The highest BCUT2D eigenvalue weighted by molar-refractivity contribution is 5.42. The van der Waals surface area contributed by atoms with Crippen LogP contribution in [-0.2, 0) is 0 Å². The van der Waals surface area contributed by atoms with Crippen molar-refractivity contribution in [2.24, 2.45) is 34.5 Å². The molecule has 0 fully saturated rings. The van der Waals surface area contributed by atoms with Gasteiger partial charge < -0.3 is 0 Å². The molecule has 0 aliphatic heterocycles. The molecule has 220 valence electrons. The minimum Gasteiger partial charge on any atom is -0.0736 e. The van der Waals surface area contributed by atoms with E-state index in [4.69, 9.17) is 0 Å². The minimum atomic E-state index is 0.276.